The maximum absolute atomic E-state index is 13.2. The second-order valence-electron chi connectivity index (χ2n) is 10.6. The van der Waals surface area contributed by atoms with E-state index in [4.69, 9.17) is 9.47 Å². The van der Waals surface area contributed by atoms with Gasteiger partial charge in [-0.3, -0.25) is 9.59 Å². The van der Waals surface area contributed by atoms with Crippen LogP contribution in [0.5, 0.6) is 5.75 Å². The van der Waals surface area contributed by atoms with Gasteiger partial charge in [-0.15, -0.1) is 0 Å². The summed E-state index contributed by atoms with van der Waals surface area (Å²) in [5.74, 6) is 1.02. The number of ether oxygens (including phenoxy) is 2. The van der Waals surface area contributed by atoms with Crippen molar-refractivity contribution in [3.8, 4) is 5.75 Å². The van der Waals surface area contributed by atoms with E-state index in [1.165, 1.54) is 0 Å². The molecule has 3 aliphatic rings. The highest BCUT2D eigenvalue weighted by molar-refractivity contribution is 5.85. The van der Waals surface area contributed by atoms with Crippen LogP contribution in [0, 0.1) is 5.41 Å². The van der Waals surface area contributed by atoms with Crippen LogP contribution in [0.1, 0.15) is 65.7 Å². The summed E-state index contributed by atoms with van der Waals surface area (Å²) in [6, 6.07) is 0.492. The van der Waals surface area contributed by atoms with Gasteiger partial charge in [-0.05, 0) is 64.9 Å². The molecule has 9 heteroatoms. The second-order valence-corrected chi connectivity index (χ2v) is 10.6. The molecule has 4 rings (SSSR count). The van der Waals surface area contributed by atoms with Crippen molar-refractivity contribution < 1.29 is 23.5 Å². The van der Waals surface area contributed by atoms with E-state index < -0.39 is 5.60 Å². The molecule has 8 nitrogen and oxygen atoms in total. The quantitative estimate of drug-likeness (QED) is 0.530. The van der Waals surface area contributed by atoms with Crippen molar-refractivity contribution in [3.05, 3.63) is 24.3 Å². The molecule has 1 saturated carbocycles. The zero-order valence-corrected chi connectivity index (χ0v) is 20.4. The molecule has 186 valence electrons. The summed E-state index contributed by atoms with van der Waals surface area (Å²) in [5.41, 5.74) is -0.404. The number of hydrogen-bond donors (Lipinski definition) is 0. The molecule has 1 aromatic rings. The number of esters is 1. The minimum atomic E-state index is -0.565. The molecular formula is C25H35FN4O4. The maximum atomic E-state index is 13.2. The van der Waals surface area contributed by atoms with Gasteiger partial charge in [-0.2, -0.15) is 0 Å². The van der Waals surface area contributed by atoms with E-state index >= 15 is 0 Å². The number of amides is 1. The van der Waals surface area contributed by atoms with Crippen LogP contribution in [0.25, 0.3) is 0 Å². The summed E-state index contributed by atoms with van der Waals surface area (Å²) >= 11 is 0. The predicted octanol–water partition coefficient (Wildman–Crippen LogP) is 3.81. The average molecular weight is 475 g/mol. The van der Waals surface area contributed by atoms with Gasteiger partial charge < -0.3 is 19.3 Å². The Hall–Kier alpha value is -2.71. The first-order valence-electron chi connectivity index (χ1n) is 12.2. The fraction of sp³-hybridized carbons (Fsp3) is 0.680. The van der Waals surface area contributed by atoms with Crippen LogP contribution in [0.15, 0.2) is 24.3 Å². The van der Waals surface area contributed by atoms with Gasteiger partial charge in [0.05, 0.1) is 24.1 Å². The standard InChI is InChI=1S/C25H35FN4O4/c1-24(2,3)34-21(31)7-4-18(14-26)17-33-20-15-27-23(28-16-20)29-11-8-25(9-12-29)10-13-30(22(25)32)19-5-6-19/h14-16,19H,4-13,17H2,1-3H3/b18-14+. The smallest absolute Gasteiger partial charge is 0.306 e. The first kappa shape index (κ1) is 24.4. The van der Waals surface area contributed by atoms with Crippen molar-refractivity contribution in [2.24, 2.45) is 5.41 Å². The third kappa shape index (κ3) is 5.85. The molecule has 1 aliphatic carbocycles. The van der Waals surface area contributed by atoms with E-state index in [9.17, 15) is 14.0 Å². The fourth-order valence-electron chi connectivity index (χ4n) is 4.72. The van der Waals surface area contributed by atoms with Gasteiger partial charge >= 0.3 is 5.97 Å². The lowest BCUT2D eigenvalue weighted by Gasteiger charge is -2.38. The Labute approximate surface area is 200 Å². The number of likely N-dealkylation sites (tertiary alicyclic amines) is 1. The van der Waals surface area contributed by atoms with Crippen molar-refractivity contribution in [2.45, 2.75) is 77.4 Å². The Bertz CT molecular complexity index is 916. The summed E-state index contributed by atoms with van der Waals surface area (Å²) in [5, 5.41) is 0. The SMILES string of the molecule is CC(C)(C)OC(=O)CC/C(=C\F)COc1cnc(N2CCC3(CC2)CCN(C2CC2)C3=O)nc1. The van der Waals surface area contributed by atoms with Gasteiger partial charge in [-0.25, -0.2) is 14.4 Å². The maximum Gasteiger partial charge on any atom is 0.306 e. The Morgan fingerprint density at radius 2 is 1.79 bits per heavy atom. The molecule has 2 saturated heterocycles. The number of carbonyl (C=O) groups is 2. The van der Waals surface area contributed by atoms with Gasteiger partial charge in [0.1, 0.15) is 12.2 Å². The van der Waals surface area contributed by atoms with E-state index in [0.29, 0.717) is 35.5 Å². The lowest BCUT2D eigenvalue weighted by Crippen LogP contribution is -2.45. The third-order valence-electron chi connectivity index (χ3n) is 6.80. The summed E-state index contributed by atoms with van der Waals surface area (Å²) < 4.78 is 24.1. The Morgan fingerprint density at radius 3 is 2.38 bits per heavy atom. The zero-order chi connectivity index (χ0) is 24.3. The molecule has 34 heavy (non-hydrogen) atoms. The normalized spacial score (nSPS) is 20.7. The summed E-state index contributed by atoms with van der Waals surface area (Å²) in [6.07, 6.45) is 8.86. The van der Waals surface area contributed by atoms with E-state index in [1.54, 1.807) is 33.2 Å². The molecule has 1 aromatic heterocycles. The largest absolute Gasteiger partial charge is 0.486 e. The molecule has 0 atom stereocenters. The van der Waals surface area contributed by atoms with Gasteiger partial charge in [0, 0.05) is 32.1 Å². The topological polar surface area (TPSA) is 84.9 Å². The van der Waals surface area contributed by atoms with Crippen molar-refractivity contribution >= 4 is 17.8 Å². The molecule has 3 fully saturated rings. The molecule has 2 aliphatic heterocycles. The van der Waals surface area contributed by atoms with E-state index in [0.717, 1.165) is 51.7 Å². The Morgan fingerprint density at radius 1 is 1.15 bits per heavy atom. The van der Waals surface area contributed by atoms with Gasteiger partial charge in [0.25, 0.3) is 0 Å². The minimum Gasteiger partial charge on any atom is -0.486 e. The molecule has 0 N–H and O–H groups in total. The number of anilines is 1. The number of halogens is 1. The molecule has 0 radical (unpaired) electrons. The number of nitrogens with zero attached hydrogens (tertiary/aromatic N) is 4. The van der Waals surface area contributed by atoms with Gasteiger partial charge in [0.15, 0.2) is 5.75 Å². The molecule has 0 bridgehead atoms. The van der Waals surface area contributed by atoms with E-state index in [2.05, 4.69) is 19.8 Å². The van der Waals surface area contributed by atoms with E-state index in [-0.39, 0.29) is 30.8 Å². The molecule has 1 spiro atoms. The molecule has 3 heterocycles. The highest BCUT2D eigenvalue weighted by Gasteiger charge is 2.51. The second kappa shape index (κ2) is 9.88. The molecule has 0 aromatic carbocycles. The van der Waals surface area contributed by atoms with Crippen LogP contribution < -0.4 is 9.64 Å². The Kier molecular flexibility index (Phi) is 7.09. The first-order chi connectivity index (χ1) is 16.2. The first-order valence-corrected chi connectivity index (χ1v) is 12.2. The zero-order valence-electron chi connectivity index (χ0n) is 20.4. The van der Waals surface area contributed by atoms with E-state index in [1.807, 2.05) is 0 Å². The summed E-state index contributed by atoms with van der Waals surface area (Å²) in [7, 11) is 0. The summed E-state index contributed by atoms with van der Waals surface area (Å²) in [6.45, 7) is 7.80. The molecule has 0 unspecified atom stereocenters. The van der Waals surface area contributed by atoms with Crippen LogP contribution in [-0.4, -0.2) is 64.6 Å². The fourth-order valence-corrected chi connectivity index (χ4v) is 4.72. The minimum absolute atomic E-state index is 0.00778. The van der Waals surface area contributed by atoms with Crippen molar-refractivity contribution in [1.29, 1.82) is 0 Å². The van der Waals surface area contributed by atoms with Crippen LogP contribution in [-0.2, 0) is 14.3 Å². The monoisotopic (exact) mass is 474 g/mol. The number of carbonyl (C=O) groups excluding carboxylic acids is 2. The lowest BCUT2D eigenvalue weighted by atomic mass is 9.77. The van der Waals surface area contributed by atoms with Gasteiger partial charge in [0.2, 0.25) is 11.9 Å². The highest BCUT2D eigenvalue weighted by Crippen LogP contribution is 2.45. The molecular weight excluding hydrogens is 439 g/mol. The van der Waals surface area contributed by atoms with Crippen molar-refractivity contribution in [1.82, 2.24) is 14.9 Å². The van der Waals surface area contributed by atoms with Crippen LogP contribution in [0.2, 0.25) is 0 Å². The highest BCUT2D eigenvalue weighted by atomic mass is 19.1. The summed E-state index contributed by atoms with van der Waals surface area (Å²) in [4.78, 5) is 37.8. The Balaban J connectivity index is 1.23. The van der Waals surface area contributed by atoms with Crippen LogP contribution in [0.4, 0.5) is 10.3 Å². The molecule has 1 amide bonds. The van der Waals surface area contributed by atoms with Crippen LogP contribution >= 0.6 is 0 Å². The number of piperidine rings is 1. The lowest BCUT2D eigenvalue weighted by molar-refractivity contribution is -0.154. The number of hydrogen-bond acceptors (Lipinski definition) is 7. The van der Waals surface area contributed by atoms with Gasteiger partial charge in [-0.1, -0.05) is 0 Å². The number of aromatic nitrogens is 2. The third-order valence-corrected chi connectivity index (χ3v) is 6.80. The van der Waals surface area contributed by atoms with Crippen molar-refractivity contribution in [3.63, 3.8) is 0 Å². The average Bonchev–Trinajstić information content (AvgIpc) is 3.59. The van der Waals surface area contributed by atoms with Crippen LogP contribution in [0.3, 0.4) is 0 Å². The van der Waals surface area contributed by atoms with Crippen molar-refractivity contribution in [2.75, 3.05) is 31.1 Å². The number of rotatable bonds is 8. The predicted molar refractivity (Wildman–Crippen MR) is 125 cm³/mol.